The number of carbonyl (C=O) groups excluding carboxylic acids is 1. The maximum Gasteiger partial charge on any atom is 0.315 e. The number of amides is 2. The van der Waals surface area contributed by atoms with Crippen molar-refractivity contribution in [2.24, 2.45) is 0 Å². The standard InChI is InChI=1S/C15H19F2N5O/c1-9(3-4-11-5-6-12(16)13(17)7-11)20-15(23)21-10(2)14-18-8-19-22-14/h5-10H,3-4H2,1-2H3,(H,18,19,22)(H2,20,21,23)/t9-,10-/m0/s1. The topological polar surface area (TPSA) is 82.7 Å². The molecule has 2 amide bonds. The first-order valence-corrected chi connectivity index (χ1v) is 7.32. The number of aromatic amines is 1. The predicted molar refractivity (Wildman–Crippen MR) is 80.6 cm³/mol. The van der Waals surface area contributed by atoms with E-state index < -0.39 is 11.6 Å². The highest BCUT2D eigenvalue weighted by Crippen LogP contribution is 2.11. The third kappa shape index (κ3) is 5.01. The molecule has 0 aliphatic heterocycles. The van der Waals surface area contributed by atoms with Crippen LogP contribution in [-0.4, -0.2) is 27.3 Å². The second-order valence-electron chi connectivity index (χ2n) is 5.40. The number of H-pyrrole nitrogens is 1. The molecule has 6 nitrogen and oxygen atoms in total. The van der Waals surface area contributed by atoms with Crippen LogP contribution in [0.1, 0.15) is 37.7 Å². The molecule has 0 aliphatic carbocycles. The summed E-state index contributed by atoms with van der Waals surface area (Å²) in [5.74, 6) is -1.16. The summed E-state index contributed by atoms with van der Waals surface area (Å²) in [6.45, 7) is 3.63. The van der Waals surface area contributed by atoms with Crippen molar-refractivity contribution in [3.63, 3.8) is 0 Å². The SMILES string of the molecule is C[C@H](NC(=O)N[C@@H](C)CCc1ccc(F)c(F)c1)c1ncn[nH]1. The Bertz CT molecular complexity index is 647. The van der Waals surface area contributed by atoms with E-state index in [9.17, 15) is 13.6 Å². The molecule has 3 N–H and O–H groups in total. The fourth-order valence-corrected chi connectivity index (χ4v) is 2.10. The highest BCUT2D eigenvalue weighted by Gasteiger charge is 2.13. The highest BCUT2D eigenvalue weighted by molar-refractivity contribution is 5.74. The second-order valence-corrected chi connectivity index (χ2v) is 5.40. The summed E-state index contributed by atoms with van der Waals surface area (Å²) in [4.78, 5) is 15.8. The lowest BCUT2D eigenvalue weighted by molar-refractivity contribution is 0.233. The van der Waals surface area contributed by atoms with Crippen LogP contribution in [-0.2, 0) is 6.42 Å². The summed E-state index contributed by atoms with van der Waals surface area (Å²) in [6.07, 6.45) is 2.52. The molecule has 0 bridgehead atoms. The zero-order valence-electron chi connectivity index (χ0n) is 12.9. The maximum atomic E-state index is 13.1. The summed E-state index contributed by atoms with van der Waals surface area (Å²) in [7, 11) is 0. The molecule has 0 aliphatic rings. The Hall–Kier alpha value is -2.51. The molecule has 124 valence electrons. The normalized spacial score (nSPS) is 13.4. The fraction of sp³-hybridized carbons (Fsp3) is 0.400. The molecule has 1 aromatic heterocycles. The third-order valence-electron chi connectivity index (χ3n) is 3.42. The molecule has 0 spiro atoms. The van der Waals surface area contributed by atoms with Gasteiger partial charge in [-0.3, -0.25) is 5.10 Å². The molecule has 2 atom stereocenters. The average molecular weight is 323 g/mol. The van der Waals surface area contributed by atoms with Crippen LogP contribution in [0.25, 0.3) is 0 Å². The average Bonchev–Trinajstić information content (AvgIpc) is 3.02. The zero-order chi connectivity index (χ0) is 16.8. The Morgan fingerprint density at radius 2 is 2.04 bits per heavy atom. The summed E-state index contributed by atoms with van der Waals surface area (Å²) >= 11 is 0. The van der Waals surface area contributed by atoms with E-state index in [-0.39, 0.29) is 18.1 Å². The van der Waals surface area contributed by atoms with E-state index in [2.05, 4.69) is 25.8 Å². The van der Waals surface area contributed by atoms with Crippen molar-refractivity contribution < 1.29 is 13.6 Å². The molecule has 0 unspecified atom stereocenters. The lowest BCUT2D eigenvalue weighted by Crippen LogP contribution is -2.42. The van der Waals surface area contributed by atoms with Crippen molar-refractivity contribution >= 4 is 6.03 Å². The summed E-state index contributed by atoms with van der Waals surface area (Å²) < 4.78 is 26.0. The van der Waals surface area contributed by atoms with Crippen LogP contribution < -0.4 is 10.6 Å². The van der Waals surface area contributed by atoms with Gasteiger partial charge in [-0.05, 0) is 44.4 Å². The van der Waals surface area contributed by atoms with Crippen molar-refractivity contribution in [3.8, 4) is 0 Å². The lowest BCUT2D eigenvalue weighted by atomic mass is 10.1. The smallest absolute Gasteiger partial charge is 0.315 e. The minimum Gasteiger partial charge on any atom is -0.336 e. The van der Waals surface area contributed by atoms with Crippen LogP contribution in [0.3, 0.4) is 0 Å². The number of benzene rings is 1. The van der Waals surface area contributed by atoms with Crippen LogP contribution >= 0.6 is 0 Å². The van der Waals surface area contributed by atoms with Crippen LogP contribution in [0.15, 0.2) is 24.5 Å². The second kappa shape index (κ2) is 7.66. The van der Waals surface area contributed by atoms with Crippen molar-refractivity contribution in [1.29, 1.82) is 0 Å². The summed E-state index contributed by atoms with van der Waals surface area (Å²) in [5, 5.41) is 11.9. The van der Waals surface area contributed by atoms with Crippen LogP contribution in [0.5, 0.6) is 0 Å². The van der Waals surface area contributed by atoms with Gasteiger partial charge in [-0.25, -0.2) is 18.6 Å². The van der Waals surface area contributed by atoms with Gasteiger partial charge >= 0.3 is 6.03 Å². The number of hydrogen-bond donors (Lipinski definition) is 3. The van der Waals surface area contributed by atoms with E-state index >= 15 is 0 Å². The molecule has 0 saturated carbocycles. The Labute approximate surface area is 132 Å². The van der Waals surface area contributed by atoms with Crippen LogP contribution in [0.4, 0.5) is 13.6 Å². The van der Waals surface area contributed by atoms with E-state index in [1.807, 2.05) is 6.92 Å². The molecule has 0 fully saturated rings. The minimum absolute atomic E-state index is 0.120. The van der Waals surface area contributed by atoms with Gasteiger partial charge in [-0.2, -0.15) is 5.10 Å². The number of rotatable bonds is 6. The van der Waals surface area contributed by atoms with E-state index in [4.69, 9.17) is 0 Å². The zero-order valence-corrected chi connectivity index (χ0v) is 12.9. The van der Waals surface area contributed by atoms with Crippen molar-refractivity contribution in [3.05, 3.63) is 47.5 Å². The van der Waals surface area contributed by atoms with Crippen LogP contribution in [0, 0.1) is 11.6 Å². The molecule has 0 radical (unpaired) electrons. The number of halogens is 2. The van der Waals surface area contributed by atoms with Crippen molar-refractivity contribution in [2.75, 3.05) is 0 Å². The Morgan fingerprint density at radius 1 is 1.26 bits per heavy atom. The molecular formula is C15H19F2N5O. The number of carbonyl (C=O) groups is 1. The van der Waals surface area contributed by atoms with E-state index in [1.54, 1.807) is 6.92 Å². The minimum atomic E-state index is -0.860. The van der Waals surface area contributed by atoms with Gasteiger partial charge in [0.1, 0.15) is 12.2 Å². The molecule has 1 aromatic carbocycles. The first kappa shape index (κ1) is 16.9. The predicted octanol–water partition coefficient (Wildman–Crippen LogP) is 2.46. The van der Waals surface area contributed by atoms with Gasteiger partial charge in [-0.1, -0.05) is 6.07 Å². The number of nitrogens with one attached hydrogen (secondary N) is 3. The van der Waals surface area contributed by atoms with Gasteiger partial charge in [0.2, 0.25) is 0 Å². The molecule has 2 rings (SSSR count). The molecule has 8 heteroatoms. The monoisotopic (exact) mass is 323 g/mol. The number of nitrogens with zero attached hydrogens (tertiary/aromatic N) is 2. The number of aryl methyl sites for hydroxylation is 1. The van der Waals surface area contributed by atoms with Crippen molar-refractivity contribution in [2.45, 2.75) is 38.8 Å². The Balaban J connectivity index is 1.76. The fourth-order valence-electron chi connectivity index (χ4n) is 2.10. The largest absolute Gasteiger partial charge is 0.336 e. The molecule has 23 heavy (non-hydrogen) atoms. The molecule has 2 aromatic rings. The van der Waals surface area contributed by atoms with Gasteiger partial charge in [0.15, 0.2) is 11.6 Å². The van der Waals surface area contributed by atoms with Gasteiger partial charge in [0, 0.05) is 6.04 Å². The first-order valence-electron chi connectivity index (χ1n) is 7.32. The number of urea groups is 1. The van der Waals surface area contributed by atoms with E-state index in [0.29, 0.717) is 24.2 Å². The number of aromatic nitrogens is 3. The molecule has 1 heterocycles. The first-order chi connectivity index (χ1) is 11.0. The van der Waals surface area contributed by atoms with Gasteiger partial charge < -0.3 is 10.6 Å². The summed E-state index contributed by atoms with van der Waals surface area (Å²) in [6, 6.07) is 3.08. The maximum absolute atomic E-state index is 13.1. The summed E-state index contributed by atoms with van der Waals surface area (Å²) in [5.41, 5.74) is 0.688. The number of hydrogen-bond acceptors (Lipinski definition) is 3. The Kier molecular flexibility index (Phi) is 5.61. The Morgan fingerprint density at radius 3 is 2.70 bits per heavy atom. The molecular weight excluding hydrogens is 304 g/mol. The highest BCUT2D eigenvalue weighted by atomic mass is 19.2. The quantitative estimate of drug-likeness (QED) is 0.763. The van der Waals surface area contributed by atoms with Gasteiger partial charge in [0.25, 0.3) is 0 Å². The van der Waals surface area contributed by atoms with Gasteiger partial charge in [-0.15, -0.1) is 0 Å². The lowest BCUT2D eigenvalue weighted by Gasteiger charge is -2.17. The van der Waals surface area contributed by atoms with E-state index in [0.717, 1.165) is 6.07 Å². The third-order valence-corrected chi connectivity index (χ3v) is 3.42. The van der Waals surface area contributed by atoms with E-state index in [1.165, 1.54) is 18.5 Å². The van der Waals surface area contributed by atoms with Crippen molar-refractivity contribution in [1.82, 2.24) is 25.8 Å². The molecule has 0 saturated heterocycles. The van der Waals surface area contributed by atoms with Gasteiger partial charge in [0.05, 0.1) is 6.04 Å². The van der Waals surface area contributed by atoms with Crippen LogP contribution in [0.2, 0.25) is 0 Å².